The molecule has 30 heavy (non-hydrogen) atoms. The lowest BCUT2D eigenvalue weighted by molar-refractivity contribution is -0.114. The lowest BCUT2D eigenvalue weighted by atomic mass is 10.1. The van der Waals surface area contributed by atoms with Crippen LogP contribution in [0.2, 0.25) is 0 Å². The third-order valence-corrected chi connectivity index (χ3v) is 4.96. The first-order chi connectivity index (χ1) is 14.1. The van der Waals surface area contributed by atoms with Crippen molar-refractivity contribution >= 4 is 45.8 Å². The summed E-state index contributed by atoms with van der Waals surface area (Å²) in [4.78, 5) is 26.9. The molecule has 152 valence electrons. The number of carboxylic acids is 1. The van der Waals surface area contributed by atoms with Gasteiger partial charge < -0.3 is 9.52 Å². The number of nitrogens with zero attached hydrogens (tertiary/aromatic N) is 3. The number of hydrogen-bond donors (Lipinski definition) is 2. The maximum Gasteiger partial charge on any atom is 0.441 e. The zero-order chi connectivity index (χ0) is 21.6. The van der Waals surface area contributed by atoms with E-state index in [2.05, 4.69) is 10.1 Å². The van der Waals surface area contributed by atoms with Gasteiger partial charge in [-0.1, -0.05) is 12.1 Å². The molecule has 0 saturated heterocycles. The number of halogens is 3. The Morgan fingerprint density at radius 2 is 2.03 bits per heavy atom. The van der Waals surface area contributed by atoms with Gasteiger partial charge in [0.1, 0.15) is 11.5 Å². The van der Waals surface area contributed by atoms with Crippen LogP contribution in [0.25, 0.3) is 17.4 Å². The van der Waals surface area contributed by atoms with Crippen LogP contribution in [-0.4, -0.2) is 44.2 Å². The molecule has 1 aromatic carbocycles. The minimum Gasteiger partial charge on any atom is -0.478 e. The van der Waals surface area contributed by atoms with E-state index in [0.717, 1.165) is 0 Å². The zero-order valence-electron chi connectivity index (χ0n) is 14.6. The van der Waals surface area contributed by atoms with Crippen LogP contribution in [0.1, 0.15) is 16.1 Å². The number of carbonyl (C=O) groups is 2. The van der Waals surface area contributed by atoms with Crippen LogP contribution in [0.3, 0.4) is 0 Å². The quantitative estimate of drug-likeness (QED) is 0.709. The van der Waals surface area contributed by atoms with Crippen molar-refractivity contribution in [1.82, 2.24) is 5.01 Å². The van der Waals surface area contributed by atoms with Gasteiger partial charge in [-0.25, -0.2) is 4.79 Å². The van der Waals surface area contributed by atoms with E-state index in [1.807, 2.05) is 0 Å². The summed E-state index contributed by atoms with van der Waals surface area (Å²) in [5, 5.41) is 19.5. The number of furan rings is 1. The van der Waals surface area contributed by atoms with Gasteiger partial charge in [0.25, 0.3) is 5.91 Å². The van der Waals surface area contributed by atoms with Crippen LogP contribution < -0.4 is 0 Å². The van der Waals surface area contributed by atoms with Gasteiger partial charge in [0.15, 0.2) is 5.84 Å². The number of thioether (sulfide) groups is 1. The predicted molar refractivity (Wildman–Crippen MR) is 102 cm³/mol. The molecule has 4 rings (SSSR count). The van der Waals surface area contributed by atoms with Crippen LogP contribution in [0.5, 0.6) is 0 Å². The Morgan fingerprint density at radius 1 is 1.27 bits per heavy atom. The molecule has 0 saturated carbocycles. The third kappa shape index (κ3) is 3.52. The number of fused-ring (bicyclic) bond motifs is 1. The summed E-state index contributed by atoms with van der Waals surface area (Å²) in [6, 6.07) is 8.98. The fourth-order valence-electron chi connectivity index (χ4n) is 2.64. The van der Waals surface area contributed by atoms with E-state index in [0.29, 0.717) is 16.3 Å². The number of hydrazone groups is 1. The van der Waals surface area contributed by atoms with Crippen molar-refractivity contribution in [2.75, 3.05) is 0 Å². The number of aromatic carboxylic acids is 1. The number of benzene rings is 1. The number of amides is 1. The number of alkyl halides is 3. The van der Waals surface area contributed by atoms with Crippen molar-refractivity contribution in [3.8, 4) is 11.3 Å². The maximum atomic E-state index is 12.9. The molecule has 2 aromatic rings. The van der Waals surface area contributed by atoms with Gasteiger partial charge >= 0.3 is 12.1 Å². The number of carboxylic acid groups (broad SMARTS) is 1. The Labute approximate surface area is 169 Å². The second kappa shape index (κ2) is 6.99. The second-order valence-corrected chi connectivity index (χ2v) is 6.97. The van der Waals surface area contributed by atoms with Gasteiger partial charge in [-0.15, -0.1) is 0 Å². The van der Waals surface area contributed by atoms with Crippen LogP contribution in [0.15, 0.2) is 56.5 Å². The summed E-state index contributed by atoms with van der Waals surface area (Å²) in [5.74, 6) is -2.14. The standard InChI is InChI=1S/C18H9F3N4O4S/c19-18(20,21)16-24-25-13(22)11(14(26)23-17(25)30-16)7-10-4-5-12(29-10)8-2-1-3-9(6-8)15(27)28/h1-7,22H,(H,27,28)/b11-7-,22-13?. The van der Waals surface area contributed by atoms with E-state index in [1.165, 1.54) is 36.4 Å². The van der Waals surface area contributed by atoms with Crippen molar-refractivity contribution in [2.45, 2.75) is 6.18 Å². The number of hydrogen-bond acceptors (Lipinski definition) is 6. The van der Waals surface area contributed by atoms with Crippen molar-refractivity contribution in [3.63, 3.8) is 0 Å². The number of aliphatic imine (C=N–C) groups is 1. The molecule has 0 radical (unpaired) electrons. The third-order valence-electron chi connectivity index (χ3n) is 4.00. The lowest BCUT2D eigenvalue weighted by Crippen LogP contribution is -2.35. The Balaban J connectivity index is 1.64. The van der Waals surface area contributed by atoms with E-state index in [1.54, 1.807) is 6.07 Å². The van der Waals surface area contributed by atoms with Gasteiger partial charge in [-0.05, 0) is 42.1 Å². The molecule has 0 unspecified atom stereocenters. The van der Waals surface area contributed by atoms with Crippen LogP contribution in [0.4, 0.5) is 13.2 Å². The molecule has 0 fully saturated rings. The van der Waals surface area contributed by atoms with Crippen LogP contribution >= 0.6 is 11.8 Å². The molecule has 2 aliphatic rings. The molecule has 2 aliphatic heterocycles. The Kier molecular flexibility index (Phi) is 4.57. The number of rotatable bonds is 3. The largest absolute Gasteiger partial charge is 0.478 e. The monoisotopic (exact) mass is 434 g/mol. The summed E-state index contributed by atoms with van der Waals surface area (Å²) in [7, 11) is 0. The van der Waals surface area contributed by atoms with Gasteiger partial charge in [0.2, 0.25) is 10.2 Å². The number of amidine groups is 2. The Morgan fingerprint density at radius 3 is 2.73 bits per heavy atom. The Hall–Kier alpha value is -3.67. The molecule has 0 spiro atoms. The van der Waals surface area contributed by atoms with Gasteiger partial charge in [0.05, 0.1) is 11.1 Å². The average molecular weight is 434 g/mol. The van der Waals surface area contributed by atoms with E-state index >= 15 is 0 Å². The van der Waals surface area contributed by atoms with E-state index in [9.17, 15) is 22.8 Å². The van der Waals surface area contributed by atoms with Crippen molar-refractivity contribution in [1.29, 1.82) is 5.41 Å². The summed E-state index contributed by atoms with van der Waals surface area (Å²) in [6.07, 6.45) is -3.56. The first kappa shape index (κ1) is 19.6. The molecular formula is C18H9F3N4O4S. The summed E-state index contributed by atoms with van der Waals surface area (Å²) < 4.78 is 44.2. The highest BCUT2D eigenvalue weighted by Crippen LogP contribution is 2.35. The van der Waals surface area contributed by atoms with Crippen LogP contribution in [-0.2, 0) is 4.79 Å². The highest BCUT2D eigenvalue weighted by molar-refractivity contribution is 8.27. The zero-order valence-corrected chi connectivity index (χ0v) is 15.4. The SMILES string of the molecule is N=C1/C(=C/c2ccc(-c3cccc(C(=O)O)c3)o2)C(=O)N=C2SC(C(F)(F)F)=NN12. The minimum atomic E-state index is -4.72. The number of nitrogens with one attached hydrogen (secondary N) is 1. The molecule has 1 aromatic heterocycles. The first-order valence-electron chi connectivity index (χ1n) is 8.14. The minimum absolute atomic E-state index is 0.0553. The fraction of sp³-hybridized carbons (Fsp3) is 0.0556. The first-order valence-corrected chi connectivity index (χ1v) is 8.96. The predicted octanol–water partition coefficient (Wildman–Crippen LogP) is 3.83. The van der Waals surface area contributed by atoms with E-state index in [-0.39, 0.29) is 33.8 Å². The Bertz CT molecular complexity index is 1200. The topological polar surface area (TPSA) is 119 Å². The summed E-state index contributed by atoms with van der Waals surface area (Å²) >= 11 is 0.163. The molecular weight excluding hydrogens is 425 g/mol. The second-order valence-electron chi connectivity index (χ2n) is 6.01. The normalized spacial score (nSPS) is 17.8. The molecule has 12 heteroatoms. The molecule has 1 amide bonds. The van der Waals surface area contributed by atoms with E-state index in [4.69, 9.17) is 14.9 Å². The highest BCUT2D eigenvalue weighted by Gasteiger charge is 2.46. The average Bonchev–Trinajstić information content (AvgIpc) is 3.32. The molecule has 2 N–H and O–H groups in total. The summed E-state index contributed by atoms with van der Waals surface area (Å²) in [6.45, 7) is 0. The molecule has 3 heterocycles. The highest BCUT2D eigenvalue weighted by atomic mass is 32.2. The number of carbonyl (C=O) groups excluding carboxylic acids is 1. The van der Waals surface area contributed by atoms with E-state index < -0.39 is 28.9 Å². The lowest BCUT2D eigenvalue weighted by Gasteiger charge is -2.19. The molecule has 0 bridgehead atoms. The summed E-state index contributed by atoms with van der Waals surface area (Å²) in [5.41, 5.74) is 0.228. The van der Waals surface area contributed by atoms with Crippen molar-refractivity contribution < 1.29 is 32.3 Å². The van der Waals surface area contributed by atoms with Crippen LogP contribution in [0, 0.1) is 5.41 Å². The van der Waals surface area contributed by atoms with Gasteiger partial charge in [-0.3, -0.25) is 10.2 Å². The molecule has 8 nitrogen and oxygen atoms in total. The smallest absolute Gasteiger partial charge is 0.441 e. The van der Waals surface area contributed by atoms with Crippen molar-refractivity contribution in [3.05, 3.63) is 53.3 Å². The maximum absolute atomic E-state index is 12.9. The van der Waals surface area contributed by atoms with Gasteiger partial charge in [0, 0.05) is 5.56 Å². The van der Waals surface area contributed by atoms with Crippen molar-refractivity contribution in [2.24, 2.45) is 10.1 Å². The molecule has 0 atom stereocenters. The fourth-order valence-corrected chi connectivity index (χ4v) is 3.40. The molecule has 0 aliphatic carbocycles. The van der Waals surface area contributed by atoms with Gasteiger partial charge in [-0.2, -0.15) is 28.3 Å².